The number of hydrogen-bond donors (Lipinski definition) is 0. The maximum absolute atomic E-state index is 12.4. The number of nitrogens with zero attached hydrogens (tertiary/aromatic N) is 2. The number of carbonyl (C=O) groups is 1. The van der Waals surface area contributed by atoms with Gasteiger partial charge in [0.15, 0.2) is 11.4 Å². The van der Waals surface area contributed by atoms with Gasteiger partial charge >= 0.3 is 5.97 Å². The second-order valence-corrected chi connectivity index (χ2v) is 5.65. The lowest BCUT2D eigenvalue weighted by molar-refractivity contribution is -0.594. The molecular formula is C18H24N2O6. The summed E-state index contributed by atoms with van der Waals surface area (Å²) in [6.45, 7) is 5.11. The first-order valence-electron chi connectivity index (χ1n) is 8.67. The second kappa shape index (κ2) is 9.65. The predicted molar refractivity (Wildman–Crippen MR) is 93.0 cm³/mol. The first-order chi connectivity index (χ1) is 12.6. The van der Waals surface area contributed by atoms with Crippen LogP contribution in [0.4, 0.5) is 0 Å². The third-order valence-corrected chi connectivity index (χ3v) is 3.61. The van der Waals surface area contributed by atoms with Crippen molar-refractivity contribution < 1.29 is 28.2 Å². The molecule has 0 fully saturated rings. The topological polar surface area (TPSA) is 97.7 Å². The zero-order chi connectivity index (χ0) is 18.9. The van der Waals surface area contributed by atoms with Gasteiger partial charge in [-0.25, -0.2) is 4.79 Å². The Morgan fingerprint density at radius 2 is 1.85 bits per heavy atom. The summed E-state index contributed by atoms with van der Waals surface area (Å²) >= 11 is 0. The van der Waals surface area contributed by atoms with Gasteiger partial charge in [-0.15, -0.1) is 0 Å². The largest absolute Gasteiger partial charge is 0.618 e. The Bertz CT molecular complexity index is 728. The minimum atomic E-state index is -0.642. The summed E-state index contributed by atoms with van der Waals surface area (Å²) in [7, 11) is 1.24. The van der Waals surface area contributed by atoms with E-state index in [0.29, 0.717) is 29.4 Å². The molecule has 2 rings (SSSR count). The van der Waals surface area contributed by atoms with E-state index >= 15 is 0 Å². The fraction of sp³-hybridized carbons (Fsp3) is 0.500. The molecular weight excluding hydrogens is 340 g/mol. The zero-order valence-electron chi connectivity index (χ0n) is 15.3. The van der Waals surface area contributed by atoms with Crippen molar-refractivity contribution >= 4 is 5.97 Å². The summed E-state index contributed by atoms with van der Waals surface area (Å²) in [4.78, 5) is 15.5. The molecule has 0 amide bonds. The monoisotopic (exact) mass is 364 g/mol. The first kappa shape index (κ1) is 19.6. The summed E-state index contributed by atoms with van der Waals surface area (Å²) in [5, 5.41) is 12.4. The SMILES string of the molecule is CCCCOc1cc(-c2nc(C(=O)OC)co2)[n+]([O-])cc1OCCCC. The van der Waals surface area contributed by atoms with Crippen LogP contribution in [0.15, 0.2) is 22.9 Å². The molecule has 0 spiro atoms. The van der Waals surface area contributed by atoms with Crippen LogP contribution in [0.5, 0.6) is 11.5 Å². The van der Waals surface area contributed by atoms with E-state index in [-0.39, 0.29) is 17.3 Å². The highest BCUT2D eigenvalue weighted by molar-refractivity contribution is 5.87. The van der Waals surface area contributed by atoms with Crippen molar-refractivity contribution in [3.05, 3.63) is 29.4 Å². The van der Waals surface area contributed by atoms with Gasteiger partial charge in [-0.3, -0.25) is 0 Å². The molecule has 0 saturated carbocycles. The fourth-order valence-corrected chi connectivity index (χ4v) is 2.12. The summed E-state index contributed by atoms with van der Waals surface area (Å²) < 4.78 is 21.8. The average molecular weight is 364 g/mol. The molecule has 8 heteroatoms. The molecule has 0 atom stereocenters. The number of rotatable bonds is 10. The first-order valence-corrected chi connectivity index (χ1v) is 8.67. The lowest BCUT2D eigenvalue weighted by atomic mass is 10.3. The zero-order valence-corrected chi connectivity index (χ0v) is 15.3. The summed E-state index contributed by atoms with van der Waals surface area (Å²) in [6, 6.07) is 1.51. The van der Waals surface area contributed by atoms with E-state index in [1.807, 2.05) is 0 Å². The smallest absolute Gasteiger partial charge is 0.360 e. The molecule has 0 aliphatic carbocycles. The number of unbranched alkanes of at least 4 members (excludes halogenated alkanes) is 2. The molecule has 0 radical (unpaired) electrons. The second-order valence-electron chi connectivity index (χ2n) is 5.65. The van der Waals surface area contributed by atoms with Crippen LogP contribution < -0.4 is 14.2 Å². The van der Waals surface area contributed by atoms with Crippen molar-refractivity contribution in [3.63, 3.8) is 0 Å². The quantitative estimate of drug-likeness (QED) is 0.276. The number of carbonyl (C=O) groups excluding carboxylic acids is 1. The molecule has 0 aliphatic rings. The van der Waals surface area contributed by atoms with Crippen LogP contribution in [0.1, 0.15) is 50.0 Å². The van der Waals surface area contributed by atoms with Crippen LogP contribution in [-0.4, -0.2) is 31.3 Å². The molecule has 142 valence electrons. The highest BCUT2D eigenvalue weighted by Crippen LogP contribution is 2.30. The molecule has 0 unspecified atom stereocenters. The summed E-state index contributed by atoms with van der Waals surface area (Å²) in [5.74, 6) is 0.166. The van der Waals surface area contributed by atoms with Crippen molar-refractivity contribution in [1.29, 1.82) is 0 Å². The number of aromatic nitrogens is 2. The van der Waals surface area contributed by atoms with E-state index in [4.69, 9.17) is 13.9 Å². The Hall–Kier alpha value is -2.77. The minimum absolute atomic E-state index is 0.000787. The van der Waals surface area contributed by atoms with E-state index in [2.05, 4.69) is 23.6 Å². The summed E-state index contributed by atoms with van der Waals surface area (Å²) in [6.07, 6.45) is 6.14. The van der Waals surface area contributed by atoms with Crippen molar-refractivity contribution in [1.82, 2.24) is 4.98 Å². The van der Waals surface area contributed by atoms with E-state index in [1.165, 1.54) is 19.4 Å². The van der Waals surface area contributed by atoms with E-state index in [0.717, 1.165) is 31.9 Å². The number of pyridine rings is 1. The Balaban J connectivity index is 2.32. The summed E-state index contributed by atoms with van der Waals surface area (Å²) in [5.41, 5.74) is 0.105. The Kier molecular flexibility index (Phi) is 7.25. The van der Waals surface area contributed by atoms with Gasteiger partial charge in [0.1, 0.15) is 6.26 Å². The molecule has 0 saturated heterocycles. The van der Waals surface area contributed by atoms with Crippen LogP contribution in [0.25, 0.3) is 11.6 Å². The molecule has 8 nitrogen and oxygen atoms in total. The van der Waals surface area contributed by atoms with Gasteiger partial charge in [0.25, 0.3) is 11.6 Å². The van der Waals surface area contributed by atoms with E-state index in [1.54, 1.807) is 0 Å². The van der Waals surface area contributed by atoms with Crippen molar-refractivity contribution in [2.45, 2.75) is 39.5 Å². The van der Waals surface area contributed by atoms with Crippen molar-refractivity contribution in [2.24, 2.45) is 0 Å². The van der Waals surface area contributed by atoms with Gasteiger partial charge in [0.2, 0.25) is 11.9 Å². The lowest BCUT2D eigenvalue weighted by Gasteiger charge is -2.13. The van der Waals surface area contributed by atoms with Crippen LogP contribution in [0, 0.1) is 5.21 Å². The van der Waals surface area contributed by atoms with Gasteiger partial charge in [0.05, 0.1) is 26.4 Å². The normalized spacial score (nSPS) is 10.6. The standard InChI is InChI=1S/C18H24N2O6/c1-4-6-8-24-15-10-14(17-19-13(12-26-17)18(21)23-3)20(22)11-16(15)25-9-7-5-2/h10-12H,4-9H2,1-3H3. The molecule has 0 N–H and O–H groups in total. The van der Waals surface area contributed by atoms with Crippen LogP contribution in [-0.2, 0) is 4.74 Å². The van der Waals surface area contributed by atoms with Gasteiger partial charge < -0.3 is 23.8 Å². The maximum atomic E-state index is 12.4. The number of ether oxygens (including phenoxy) is 3. The lowest BCUT2D eigenvalue weighted by Crippen LogP contribution is -2.29. The van der Waals surface area contributed by atoms with Gasteiger partial charge in [0, 0.05) is 0 Å². The minimum Gasteiger partial charge on any atom is -0.618 e. The van der Waals surface area contributed by atoms with E-state index in [9.17, 15) is 10.0 Å². The van der Waals surface area contributed by atoms with Gasteiger partial charge in [-0.1, -0.05) is 26.7 Å². The third-order valence-electron chi connectivity index (χ3n) is 3.61. The Morgan fingerprint density at radius 1 is 1.19 bits per heavy atom. The molecule has 0 aliphatic heterocycles. The number of esters is 1. The Labute approximate surface area is 152 Å². The molecule has 2 heterocycles. The molecule has 0 aromatic carbocycles. The molecule has 2 aromatic rings. The van der Waals surface area contributed by atoms with Crippen LogP contribution in [0.2, 0.25) is 0 Å². The highest BCUT2D eigenvalue weighted by Gasteiger charge is 2.23. The van der Waals surface area contributed by atoms with Crippen molar-refractivity contribution in [3.8, 4) is 23.1 Å². The number of hydrogen-bond acceptors (Lipinski definition) is 7. The molecule has 0 bridgehead atoms. The Morgan fingerprint density at radius 3 is 2.46 bits per heavy atom. The average Bonchev–Trinajstić information content (AvgIpc) is 3.13. The number of methoxy groups -OCH3 is 1. The highest BCUT2D eigenvalue weighted by atomic mass is 16.5. The van der Waals surface area contributed by atoms with Crippen molar-refractivity contribution in [2.75, 3.05) is 20.3 Å². The molecule has 2 aromatic heterocycles. The fourth-order valence-electron chi connectivity index (χ4n) is 2.12. The van der Waals surface area contributed by atoms with Crippen LogP contribution >= 0.6 is 0 Å². The maximum Gasteiger partial charge on any atom is 0.360 e. The van der Waals surface area contributed by atoms with Crippen LogP contribution in [0.3, 0.4) is 0 Å². The van der Waals surface area contributed by atoms with Gasteiger partial charge in [-0.2, -0.15) is 9.71 Å². The predicted octanol–water partition coefficient (Wildman–Crippen LogP) is 3.12. The van der Waals surface area contributed by atoms with Gasteiger partial charge in [-0.05, 0) is 12.8 Å². The van der Waals surface area contributed by atoms with E-state index < -0.39 is 5.97 Å². The number of oxazole rings is 1. The molecule has 26 heavy (non-hydrogen) atoms. The third kappa shape index (κ3) is 4.87.